The van der Waals surface area contributed by atoms with Crippen LogP contribution in [0.4, 0.5) is 0 Å². The Kier molecular flexibility index (Phi) is 16.6. The van der Waals surface area contributed by atoms with Crippen molar-refractivity contribution in [2.75, 3.05) is 19.8 Å². The van der Waals surface area contributed by atoms with E-state index in [0.29, 0.717) is 30.3 Å². The Bertz CT molecular complexity index is 1230. The first-order chi connectivity index (χ1) is 22.0. The van der Waals surface area contributed by atoms with Crippen molar-refractivity contribution < 1.29 is 28.5 Å². The van der Waals surface area contributed by atoms with E-state index >= 15 is 0 Å². The van der Waals surface area contributed by atoms with Gasteiger partial charge in [-0.2, -0.15) is 0 Å². The number of aryl methyl sites for hydroxylation is 1. The van der Waals surface area contributed by atoms with Crippen molar-refractivity contribution in [1.29, 1.82) is 0 Å². The molecule has 6 nitrogen and oxygen atoms in total. The number of benzene rings is 3. The van der Waals surface area contributed by atoms with Crippen LogP contribution in [0.15, 0.2) is 66.7 Å². The van der Waals surface area contributed by atoms with Gasteiger partial charge in [-0.1, -0.05) is 89.1 Å². The van der Waals surface area contributed by atoms with Crippen molar-refractivity contribution in [2.24, 2.45) is 0 Å². The Labute approximate surface area is 271 Å². The van der Waals surface area contributed by atoms with E-state index in [4.69, 9.17) is 23.7 Å². The molecule has 0 aliphatic heterocycles. The van der Waals surface area contributed by atoms with Crippen LogP contribution >= 0.6 is 0 Å². The van der Waals surface area contributed by atoms with Gasteiger partial charge in [-0.05, 0) is 93.1 Å². The standard InChI is InChI=1S/C39H54O6/c1-6-10-12-13-14-15-16-17-36(39(41-8-3)42-9-4)45-37-29-30(5)18-27-35(37)38(40)44-34-25-21-32(22-26-34)31-19-23-33(24-20-31)43-28-11-7-2/h18-27,29,36,39H,6-17,28H2,1-5H3. The highest BCUT2D eigenvalue weighted by Gasteiger charge is 2.27. The monoisotopic (exact) mass is 618 g/mol. The van der Waals surface area contributed by atoms with Crippen LogP contribution in [0, 0.1) is 6.92 Å². The van der Waals surface area contributed by atoms with Gasteiger partial charge in [0.1, 0.15) is 28.9 Å². The first-order valence-corrected chi connectivity index (χ1v) is 17.0. The summed E-state index contributed by atoms with van der Waals surface area (Å²) in [5.41, 5.74) is 3.46. The Hall–Kier alpha value is -3.35. The van der Waals surface area contributed by atoms with Gasteiger partial charge in [0, 0.05) is 13.2 Å². The molecule has 0 heterocycles. The largest absolute Gasteiger partial charge is 0.494 e. The molecule has 0 N–H and O–H groups in total. The van der Waals surface area contributed by atoms with Crippen molar-refractivity contribution in [3.05, 3.63) is 77.9 Å². The zero-order valence-electron chi connectivity index (χ0n) is 28.1. The molecule has 0 spiro atoms. The topological polar surface area (TPSA) is 63.2 Å². The normalized spacial score (nSPS) is 11.9. The average molecular weight is 619 g/mol. The van der Waals surface area contributed by atoms with Gasteiger partial charge in [0.05, 0.1) is 6.61 Å². The van der Waals surface area contributed by atoms with Crippen molar-refractivity contribution in [3.8, 4) is 28.4 Å². The molecule has 0 amide bonds. The molecule has 1 atom stereocenters. The van der Waals surface area contributed by atoms with Crippen LogP contribution in [0.25, 0.3) is 11.1 Å². The highest BCUT2D eigenvalue weighted by molar-refractivity contribution is 5.94. The van der Waals surface area contributed by atoms with Crippen LogP contribution in [0.1, 0.15) is 108 Å². The fraction of sp³-hybridized carbons (Fsp3) is 0.513. The fourth-order valence-corrected chi connectivity index (χ4v) is 5.16. The summed E-state index contributed by atoms with van der Waals surface area (Å²) >= 11 is 0. The minimum Gasteiger partial charge on any atom is -0.494 e. The zero-order valence-corrected chi connectivity index (χ0v) is 28.1. The zero-order chi connectivity index (χ0) is 32.3. The van der Waals surface area contributed by atoms with E-state index in [2.05, 4.69) is 13.8 Å². The van der Waals surface area contributed by atoms with E-state index < -0.39 is 12.3 Å². The van der Waals surface area contributed by atoms with Gasteiger partial charge in [0.15, 0.2) is 6.29 Å². The fourth-order valence-electron chi connectivity index (χ4n) is 5.16. The number of hydrogen-bond acceptors (Lipinski definition) is 6. The molecule has 3 aromatic rings. The number of hydrogen-bond donors (Lipinski definition) is 0. The molecular weight excluding hydrogens is 564 g/mol. The van der Waals surface area contributed by atoms with Gasteiger partial charge < -0.3 is 23.7 Å². The van der Waals surface area contributed by atoms with Crippen molar-refractivity contribution >= 4 is 5.97 Å². The maximum Gasteiger partial charge on any atom is 0.347 e. The first kappa shape index (κ1) is 36.1. The number of carbonyl (C=O) groups is 1. The maximum atomic E-state index is 13.5. The summed E-state index contributed by atoms with van der Waals surface area (Å²) in [6.45, 7) is 12.0. The lowest BCUT2D eigenvalue weighted by molar-refractivity contribution is -0.184. The van der Waals surface area contributed by atoms with Crippen LogP contribution in [0.2, 0.25) is 0 Å². The Morgan fingerprint density at radius 3 is 1.84 bits per heavy atom. The summed E-state index contributed by atoms with van der Waals surface area (Å²) < 4.78 is 30.1. The molecule has 6 heteroatoms. The molecule has 1 unspecified atom stereocenters. The SMILES string of the molecule is CCCCCCCCCC(Oc1cc(C)ccc1C(=O)Oc1ccc(-c2ccc(OCCCC)cc2)cc1)C(OCC)OCC. The molecule has 3 rings (SSSR count). The van der Waals surface area contributed by atoms with E-state index in [9.17, 15) is 4.79 Å². The second kappa shape index (κ2) is 20.6. The summed E-state index contributed by atoms with van der Waals surface area (Å²) in [7, 11) is 0. The molecule has 246 valence electrons. The quantitative estimate of drug-likeness (QED) is 0.0483. The van der Waals surface area contributed by atoms with Crippen LogP contribution in [-0.4, -0.2) is 38.2 Å². The first-order valence-electron chi connectivity index (χ1n) is 17.0. The Morgan fingerprint density at radius 1 is 0.667 bits per heavy atom. The van der Waals surface area contributed by atoms with E-state index in [0.717, 1.165) is 61.2 Å². The number of ether oxygens (including phenoxy) is 5. The third kappa shape index (κ3) is 12.5. The lowest BCUT2D eigenvalue weighted by Crippen LogP contribution is -2.37. The van der Waals surface area contributed by atoms with Gasteiger partial charge in [-0.25, -0.2) is 4.79 Å². The maximum absolute atomic E-state index is 13.5. The predicted octanol–water partition coefficient (Wildman–Crippen LogP) is 10.3. The molecule has 45 heavy (non-hydrogen) atoms. The number of esters is 1. The minimum absolute atomic E-state index is 0.350. The highest BCUT2D eigenvalue weighted by atomic mass is 16.7. The number of rotatable bonds is 22. The van der Waals surface area contributed by atoms with Crippen molar-refractivity contribution in [2.45, 2.75) is 111 Å². The van der Waals surface area contributed by atoms with Crippen molar-refractivity contribution in [3.63, 3.8) is 0 Å². The Balaban J connectivity index is 1.69. The summed E-state index contributed by atoms with van der Waals surface area (Å²) in [5, 5.41) is 0. The summed E-state index contributed by atoms with van der Waals surface area (Å²) in [6, 6.07) is 21.2. The smallest absolute Gasteiger partial charge is 0.347 e. The highest BCUT2D eigenvalue weighted by Crippen LogP contribution is 2.29. The molecule has 0 aliphatic rings. The van der Waals surface area contributed by atoms with E-state index in [1.165, 1.54) is 32.1 Å². The van der Waals surface area contributed by atoms with E-state index in [1.807, 2.05) is 81.4 Å². The molecule has 0 aliphatic carbocycles. The molecular formula is C39H54O6. The average Bonchev–Trinajstić information content (AvgIpc) is 3.04. The summed E-state index contributed by atoms with van der Waals surface area (Å²) in [5.74, 6) is 1.35. The van der Waals surface area contributed by atoms with Crippen LogP contribution in [0.3, 0.4) is 0 Å². The number of carbonyl (C=O) groups excluding carboxylic acids is 1. The third-order valence-electron chi connectivity index (χ3n) is 7.71. The van der Waals surface area contributed by atoms with Crippen LogP contribution < -0.4 is 14.2 Å². The molecule has 0 aromatic heterocycles. The number of unbranched alkanes of at least 4 members (excludes halogenated alkanes) is 7. The molecule has 3 aromatic carbocycles. The molecule has 0 bridgehead atoms. The predicted molar refractivity (Wildman–Crippen MR) is 182 cm³/mol. The van der Waals surface area contributed by atoms with Gasteiger partial charge in [0.2, 0.25) is 0 Å². The van der Waals surface area contributed by atoms with Gasteiger partial charge in [-0.3, -0.25) is 0 Å². The lowest BCUT2D eigenvalue weighted by Gasteiger charge is -2.28. The second-order valence-corrected chi connectivity index (χ2v) is 11.5. The van der Waals surface area contributed by atoms with Gasteiger partial charge >= 0.3 is 5.97 Å². The van der Waals surface area contributed by atoms with Crippen LogP contribution in [-0.2, 0) is 9.47 Å². The van der Waals surface area contributed by atoms with Gasteiger partial charge in [0.25, 0.3) is 0 Å². The second-order valence-electron chi connectivity index (χ2n) is 11.5. The van der Waals surface area contributed by atoms with E-state index in [-0.39, 0.29) is 6.10 Å². The Morgan fingerprint density at radius 2 is 1.24 bits per heavy atom. The van der Waals surface area contributed by atoms with E-state index in [1.54, 1.807) is 6.07 Å². The van der Waals surface area contributed by atoms with Crippen molar-refractivity contribution in [1.82, 2.24) is 0 Å². The molecule has 0 saturated heterocycles. The molecule has 0 fully saturated rings. The summed E-state index contributed by atoms with van der Waals surface area (Å²) in [4.78, 5) is 13.5. The van der Waals surface area contributed by atoms with Crippen LogP contribution in [0.5, 0.6) is 17.2 Å². The minimum atomic E-state index is -0.519. The molecule has 0 saturated carbocycles. The van der Waals surface area contributed by atoms with Gasteiger partial charge in [-0.15, -0.1) is 0 Å². The third-order valence-corrected chi connectivity index (χ3v) is 7.71. The molecule has 0 radical (unpaired) electrons. The lowest BCUT2D eigenvalue weighted by atomic mass is 10.1. The summed E-state index contributed by atoms with van der Waals surface area (Å²) in [6.07, 6.45) is 10.5.